The molecule has 2 aromatic rings. The van der Waals surface area contributed by atoms with Gasteiger partial charge in [0.1, 0.15) is 5.82 Å². The minimum Gasteiger partial charge on any atom is -0.342 e. The SMILES string of the molecule is CCCCc1ccc(NC(=O)C2CC(=O)N(CCc3ccc(F)cc3)C2)cc1. The second-order valence-electron chi connectivity index (χ2n) is 7.41. The summed E-state index contributed by atoms with van der Waals surface area (Å²) in [6, 6.07) is 14.2. The Bertz CT molecular complexity index is 802. The minimum atomic E-state index is -0.333. The first kappa shape index (κ1) is 20.1. The summed E-state index contributed by atoms with van der Waals surface area (Å²) in [6.07, 6.45) is 4.25. The van der Waals surface area contributed by atoms with E-state index >= 15 is 0 Å². The number of aryl methyl sites for hydroxylation is 1. The van der Waals surface area contributed by atoms with Crippen LogP contribution in [0, 0.1) is 11.7 Å². The van der Waals surface area contributed by atoms with Gasteiger partial charge in [-0.05, 0) is 54.7 Å². The molecule has 0 saturated carbocycles. The first-order valence-corrected chi connectivity index (χ1v) is 9.97. The van der Waals surface area contributed by atoms with E-state index in [-0.39, 0.29) is 30.0 Å². The van der Waals surface area contributed by atoms with Gasteiger partial charge in [0.05, 0.1) is 5.92 Å². The van der Waals surface area contributed by atoms with Crippen LogP contribution in [0.1, 0.15) is 37.3 Å². The summed E-state index contributed by atoms with van der Waals surface area (Å²) in [5, 5.41) is 2.93. The number of rotatable bonds is 8. The zero-order valence-corrected chi connectivity index (χ0v) is 16.3. The van der Waals surface area contributed by atoms with Crippen LogP contribution < -0.4 is 5.32 Å². The van der Waals surface area contributed by atoms with E-state index in [0.717, 1.165) is 30.5 Å². The molecule has 1 fully saturated rings. The molecule has 1 heterocycles. The number of unbranched alkanes of at least 4 members (excludes halogenated alkanes) is 1. The van der Waals surface area contributed by atoms with Crippen molar-refractivity contribution in [1.29, 1.82) is 0 Å². The minimum absolute atomic E-state index is 0.00262. The molecule has 0 radical (unpaired) electrons. The lowest BCUT2D eigenvalue weighted by molar-refractivity contribution is -0.128. The third-order valence-electron chi connectivity index (χ3n) is 5.21. The van der Waals surface area contributed by atoms with Gasteiger partial charge in [0.15, 0.2) is 0 Å². The van der Waals surface area contributed by atoms with Crippen molar-refractivity contribution >= 4 is 17.5 Å². The number of amides is 2. The van der Waals surface area contributed by atoms with Crippen LogP contribution in [0.3, 0.4) is 0 Å². The molecule has 28 heavy (non-hydrogen) atoms. The number of hydrogen-bond donors (Lipinski definition) is 1. The zero-order valence-electron chi connectivity index (χ0n) is 16.3. The van der Waals surface area contributed by atoms with E-state index in [4.69, 9.17) is 0 Å². The van der Waals surface area contributed by atoms with Crippen molar-refractivity contribution in [3.63, 3.8) is 0 Å². The summed E-state index contributed by atoms with van der Waals surface area (Å²) in [7, 11) is 0. The van der Waals surface area contributed by atoms with Crippen LogP contribution in [-0.4, -0.2) is 29.8 Å². The van der Waals surface area contributed by atoms with Gasteiger partial charge in [-0.1, -0.05) is 37.6 Å². The third-order valence-corrected chi connectivity index (χ3v) is 5.21. The molecule has 1 unspecified atom stereocenters. The predicted molar refractivity (Wildman–Crippen MR) is 108 cm³/mol. The first-order chi connectivity index (χ1) is 13.5. The van der Waals surface area contributed by atoms with Crippen LogP contribution in [-0.2, 0) is 22.4 Å². The quantitative estimate of drug-likeness (QED) is 0.744. The van der Waals surface area contributed by atoms with Crippen LogP contribution >= 0.6 is 0 Å². The largest absolute Gasteiger partial charge is 0.342 e. The van der Waals surface area contributed by atoms with Gasteiger partial charge in [0.2, 0.25) is 11.8 Å². The average molecular weight is 382 g/mol. The maximum Gasteiger partial charge on any atom is 0.229 e. The van der Waals surface area contributed by atoms with E-state index in [2.05, 4.69) is 12.2 Å². The fourth-order valence-electron chi connectivity index (χ4n) is 3.46. The van der Waals surface area contributed by atoms with Crippen LogP contribution in [0.5, 0.6) is 0 Å². The van der Waals surface area contributed by atoms with Crippen molar-refractivity contribution in [1.82, 2.24) is 4.90 Å². The lowest BCUT2D eigenvalue weighted by Gasteiger charge is -2.16. The molecular formula is C23H27FN2O2. The molecule has 0 aromatic heterocycles. The fourth-order valence-corrected chi connectivity index (χ4v) is 3.46. The molecule has 0 bridgehead atoms. The standard InChI is InChI=1S/C23H27FN2O2/c1-2-3-4-17-7-11-21(12-8-17)25-23(28)19-15-22(27)26(16-19)14-13-18-5-9-20(24)10-6-18/h5-12,19H,2-4,13-16H2,1H3,(H,25,28). The number of hydrogen-bond acceptors (Lipinski definition) is 2. The first-order valence-electron chi connectivity index (χ1n) is 9.97. The average Bonchev–Trinajstić information content (AvgIpc) is 3.08. The van der Waals surface area contributed by atoms with Crippen molar-refractivity contribution in [2.75, 3.05) is 18.4 Å². The Kier molecular flexibility index (Phi) is 6.80. The molecule has 148 valence electrons. The number of anilines is 1. The Labute approximate surface area is 165 Å². The normalized spacial score (nSPS) is 16.4. The smallest absolute Gasteiger partial charge is 0.229 e. The van der Waals surface area contributed by atoms with Gasteiger partial charge in [-0.15, -0.1) is 0 Å². The highest BCUT2D eigenvalue weighted by Gasteiger charge is 2.34. The highest BCUT2D eigenvalue weighted by Crippen LogP contribution is 2.21. The van der Waals surface area contributed by atoms with Gasteiger partial charge in [-0.3, -0.25) is 9.59 Å². The Morgan fingerprint density at radius 2 is 1.71 bits per heavy atom. The Balaban J connectivity index is 1.49. The number of nitrogens with zero attached hydrogens (tertiary/aromatic N) is 1. The highest BCUT2D eigenvalue weighted by molar-refractivity contribution is 5.97. The molecule has 1 saturated heterocycles. The van der Waals surface area contributed by atoms with Crippen LogP contribution in [0.2, 0.25) is 0 Å². The third kappa shape index (κ3) is 5.41. The van der Waals surface area contributed by atoms with E-state index in [1.807, 2.05) is 24.3 Å². The summed E-state index contributed by atoms with van der Waals surface area (Å²) in [4.78, 5) is 26.5. The molecule has 1 N–H and O–H groups in total. The fraction of sp³-hybridized carbons (Fsp3) is 0.391. The summed E-state index contributed by atoms with van der Waals surface area (Å²) < 4.78 is 13.0. The van der Waals surface area contributed by atoms with Gasteiger partial charge in [-0.2, -0.15) is 0 Å². The van der Waals surface area contributed by atoms with Gasteiger partial charge in [-0.25, -0.2) is 4.39 Å². The van der Waals surface area contributed by atoms with Crippen molar-refractivity contribution < 1.29 is 14.0 Å². The van der Waals surface area contributed by atoms with E-state index in [9.17, 15) is 14.0 Å². The van der Waals surface area contributed by atoms with Crippen LogP contribution in [0.15, 0.2) is 48.5 Å². The van der Waals surface area contributed by atoms with E-state index in [1.54, 1.807) is 17.0 Å². The van der Waals surface area contributed by atoms with E-state index < -0.39 is 0 Å². The molecule has 2 amide bonds. The predicted octanol–water partition coefficient (Wildman–Crippen LogP) is 4.20. The number of likely N-dealkylation sites (tertiary alicyclic amines) is 1. The van der Waals surface area contributed by atoms with Crippen molar-refractivity contribution in [3.8, 4) is 0 Å². The van der Waals surface area contributed by atoms with Crippen molar-refractivity contribution in [2.45, 2.75) is 39.0 Å². The number of halogens is 1. The summed E-state index contributed by atoms with van der Waals surface area (Å²) in [5.41, 5.74) is 3.01. The molecule has 1 aliphatic heterocycles. The molecule has 1 aliphatic rings. The summed E-state index contributed by atoms with van der Waals surface area (Å²) in [5.74, 6) is -0.715. The van der Waals surface area contributed by atoms with Gasteiger partial charge < -0.3 is 10.2 Å². The lowest BCUT2D eigenvalue weighted by atomic mass is 10.1. The number of carbonyl (C=O) groups is 2. The lowest BCUT2D eigenvalue weighted by Crippen LogP contribution is -2.30. The Hall–Kier alpha value is -2.69. The maximum absolute atomic E-state index is 13.0. The van der Waals surface area contributed by atoms with Gasteiger partial charge in [0.25, 0.3) is 0 Å². The summed E-state index contributed by atoms with van der Waals surface area (Å²) >= 11 is 0. The molecule has 2 aromatic carbocycles. The highest BCUT2D eigenvalue weighted by atomic mass is 19.1. The molecular weight excluding hydrogens is 355 g/mol. The second kappa shape index (κ2) is 9.49. The zero-order chi connectivity index (χ0) is 19.9. The molecule has 4 nitrogen and oxygen atoms in total. The van der Waals surface area contributed by atoms with E-state index in [0.29, 0.717) is 19.5 Å². The number of benzene rings is 2. The topological polar surface area (TPSA) is 49.4 Å². The molecule has 3 rings (SSSR count). The Morgan fingerprint density at radius 3 is 2.39 bits per heavy atom. The number of nitrogens with one attached hydrogen (secondary N) is 1. The van der Waals surface area contributed by atoms with Crippen LogP contribution in [0.4, 0.5) is 10.1 Å². The molecule has 5 heteroatoms. The monoisotopic (exact) mass is 382 g/mol. The Morgan fingerprint density at radius 1 is 1.07 bits per heavy atom. The van der Waals surface area contributed by atoms with Crippen LogP contribution in [0.25, 0.3) is 0 Å². The second-order valence-corrected chi connectivity index (χ2v) is 7.41. The molecule has 1 atom stereocenters. The van der Waals surface area contributed by atoms with E-state index in [1.165, 1.54) is 17.7 Å². The van der Waals surface area contributed by atoms with Crippen molar-refractivity contribution in [2.24, 2.45) is 5.92 Å². The summed E-state index contributed by atoms with van der Waals surface area (Å²) in [6.45, 7) is 3.14. The van der Waals surface area contributed by atoms with Gasteiger partial charge in [0, 0.05) is 25.2 Å². The number of carbonyl (C=O) groups excluding carboxylic acids is 2. The van der Waals surface area contributed by atoms with Gasteiger partial charge >= 0.3 is 0 Å². The maximum atomic E-state index is 13.0. The molecule has 0 spiro atoms. The van der Waals surface area contributed by atoms with Crippen molar-refractivity contribution in [3.05, 3.63) is 65.5 Å². The molecule has 0 aliphatic carbocycles.